The van der Waals surface area contributed by atoms with Crippen LogP contribution in [0.3, 0.4) is 0 Å². The van der Waals surface area contributed by atoms with E-state index >= 15 is 0 Å². The number of hydrogen-bond donors (Lipinski definition) is 1. The molecule has 1 aromatic heterocycles. The van der Waals surface area contributed by atoms with E-state index in [2.05, 4.69) is 29.1 Å². The van der Waals surface area contributed by atoms with Crippen LogP contribution in [-0.4, -0.2) is 16.5 Å². The summed E-state index contributed by atoms with van der Waals surface area (Å²) in [6.45, 7) is 9.19. The van der Waals surface area contributed by atoms with Crippen LogP contribution in [0.4, 0.5) is 5.82 Å². The standard InChI is InChI=1S/C10H17N3/c1-7(2)6-11-10-5-8(3)12-9(4)13-10/h5,7H,6H2,1-4H3,(H,11,12,13). The molecule has 1 N–H and O–H groups in total. The Hall–Kier alpha value is -1.12. The van der Waals surface area contributed by atoms with Crippen LogP contribution < -0.4 is 5.32 Å². The Bertz CT molecular complexity index is 261. The topological polar surface area (TPSA) is 37.8 Å². The second kappa shape index (κ2) is 4.21. The van der Waals surface area contributed by atoms with Gasteiger partial charge in [-0.15, -0.1) is 0 Å². The van der Waals surface area contributed by atoms with Gasteiger partial charge in [0.25, 0.3) is 0 Å². The van der Waals surface area contributed by atoms with Gasteiger partial charge >= 0.3 is 0 Å². The Morgan fingerprint density at radius 3 is 2.54 bits per heavy atom. The zero-order valence-electron chi connectivity index (χ0n) is 8.76. The van der Waals surface area contributed by atoms with Crippen LogP contribution in [0.25, 0.3) is 0 Å². The van der Waals surface area contributed by atoms with Gasteiger partial charge in [-0.1, -0.05) is 13.8 Å². The van der Waals surface area contributed by atoms with E-state index in [-0.39, 0.29) is 0 Å². The van der Waals surface area contributed by atoms with Crippen molar-refractivity contribution in [3.63, 3.8) is 0 Å². The Labute approximate surface area is 79.6 Å². The molecule has 13 heavy (non-hydrogen) atoms. The van der Waals surface area contributed by atoms with Crippen molar-refractivity contribution in [1.82, 2.24) is 9.97 Å². The fourth-order valence-corrected chi connectivity index (χ4v) is 1.12. The lowest BCUT2D eigenvalue weighted by molar-refractivity contribution is 0.686. The van der Waals surface area contributed by atoms with Crippen molar-refractivity contribution < 1.29 is 0 Å². The fourth-order valence-electron chi connectivity index (χ4n) is 1.12. The van der Waals surface area contributed by atoms with Gasteiger partial charge in [-0.05, 0) is 19.8 Å². The second-order valence-electron chi connectivity index (χ2n) is 3.72. The quantitative estimate of drug-likeness (QED) is 0.772. The molecule has 0 saturated carbocycles. The number of hydrogen-bond acceptors (Lipinski definition) is 3. The number of aryl methyl sites for hydroxylation is 2. The van der Waals surface area contributed by atoms with Crippen LogP contribution >= 0.6 is 0 Å². The molecule has 1 heterocycles. The minimum atomic E-state index is 0.635. The van der Waals surface area contributed by atoms with Crippen LogP contribution in [-0.2, 0) is 0 Å². The van der Waals surface area contributed by atoms with E-state index in [4.69, 9.17) is 0 Å². The summed E-state index contributed by atoms with van der Waals surface area (Å²) in [5.41, 5.74) is 1.01. The predicted octanol–water partition coefficient (Wildman–Crippen LogP) is 2.16. The fraction of sp³-hybridized carbons (Fsp3) is 0.600. The van der Waals surface area contributed by atoms with Gasteiger partial charge < -0.3 is 5.32 Å². The number of nitrogens with one attached hydrogen (secondary N) is 1. The first-order valence-corrected chi connectivity index (χ1v) is 4.64. The van der Waals surface area contributed by atoms with Crippen molar-refractivity contribution in [2.45, 2.75) is 27.7 Å². The summed E-state index contributed by atoms with van der Waals surface area (Å²) in [6, 6.07) is 1.97. The molecule has 0 aromatic carbocycles. The van der Waals surface area contributed by atoms with Gasteiger partial charge in [0.15, 0.2) is 0 Å². The maximum Gasteiger partial charge on any atom is 0.129 e. The first kappa shape index (κ1) is 9.96. The van der Waals surface area contributed by atoms with Crippen molar-refractivity contribution in [2.24, 2.45) is 5.92 Å². The molecule has 0 unspecified atom stereocenters. The van der Waals surface area contributed by atoms with E-state index < -0.39 is 0 Å². The van der Waals surface area contributed by atoms with Crippen LogP contribution in [0.5, 0.6) is 0 Å². The third-order valence-corrected chi connectivity index (χ3v) is 1.66. The summed E-state index contributed by atoms with van der Waals surface area (Å²) in [7, 11) is 0. The normalized spacial score (nSPS) is 10.5. The van der Waals surface area contributed by atoms with E-state index in [1.165, 1.54) is 0 Å². The minimum absolute atomic E-state index is 0.635. The summed E-state index contributed by atoms with van der Waals surface area (Å²) >= 11 is 0. The molecule has 0 amide bonds. The molecule has 1 aromatic rings. The van der Waals surface area contributed by atoms with Gasteiger partial charge in [-0.25, -0.2) is 9.97 Å². The number of aromatic nitrogens is 2. The van der Waals surface area contributed by atoms with E-state index in [9.17, 15) is 0 Å². The summed E-state index contributed by atoms with van der Waals surface area (Å²) in [6.07, 6.45) is 0. The van der Waals surface area contributed by atoms with Crippen LogP contribution in [0.1, 0.15) is 25.4 Å². The zero-order valence-corrected chi connectivity index (χ0v) is 8.76. The maximum absolute atomic E-state index is 4.28. The molecule has 0 fully saturated rings. The molecule has 0 aliphatic heterocycles. The Kier molecular flexibility index (Phi) is 3.23. The van der Waals surface area contributed by atoms with E-state index in [0.717, 1.165) is 23.9 Å². The van der Waals surface area contributed by atoms with Gasteiger partial charge in [-0.2, -0.15) is 0 Å². The van der Waals surface area contributed by atoms with Crippen molar-refractivity contribution >= 4 is 5.82 Å². The predicted molar refractivity (Wildman–Crippen MR) is 54.8 cm³/mol. The van der Waals surface area contributed by atoms with E-state index in [0.29, 0.717) is 5.92 Å². The third-order valence-electron chi connectivity index (χ3n) is 1.66. The molecule has 0 saturated heterocycles. The molecular weight excluding hydrogens is 162 g/mol. The highest BCUT2D eigenvalue weighted by Crippen LogP contribution is 2.06. The molecule has 0 aliphatic carbocycles. The molecule has 0 aliphatic rings. The maximum atomic E-state index is 4.28. The molecule has 0 radical (unpaired) electrons. The van der Waals surface area contributed by atoms with Crippen LogP contribution in [0.2, 0.25) is 0 Å². The summed E-state index contributed by atoms with van der Waals surface area (Å²) < 4.78 is 0. The van der Waals surface area contributed by atoms with Crippen molar-refractivity contribution in [3.05, 3.63) is 17.6 Å². The van der Waals surface area contributed by atoms with Gasteiger partial charge in [-0.3, -0.25) is 0 Å². The molecule has 0 spiro atoms. The largest absolute Gasteiger partial charge is 0.370 e. The average Bonchev–Trinajstić information content (AvgIpc) is 1.99. The number of nitrogens with zero attached hydrogens (tertiary/aromatic N) is 2. The Morgan fingerprint density at radius 2 is 2.00 bits per heavy atom. The van der Waals surface area contributed by atoms with Gasteiger partial charge in [0.05, 0.1) is 0 Å². The molecular formula is C10H17N3. The number of rotatable bonds is 3. The van der Waals surface area contributed by atoms with Crippen molar-refractivity contribution in [2.75, 3.05) is 11.9 Å². The van der Waals surface area contributed by atoms with Gasteiger partial charge in [0.1, 0.15) is 11.6 Å². The van der Waals surface area contributed by atoms with Crippen molar-refractivity contribution in [3.8, 4) is 0 Å². The molecule has 0 bridgehead atoms. The molecule has 0 atom stereocenters. The lowest BCUT2D eigenvalue weighted by Gasteiger charge is -2.08. The van der Waals surface area contributed by atoms with Gasteiger partial charge in [0, 0.05) is 18.3 Å². The minimum Gasteiger partial charge on any atom is -0.370 e. The molecule has 72 valence electrons. The lowest BCUT2D eigenvalue weighted by atomic mass is 10.2. The first-order valence-electron chi connectivity index (χ1n) is 4.64. The van der Waals surface area contributed by atoms with E-state index in [1.54, 1.807) is 0 Å². The summed E-state index contributed by atoms with van der Waals surface area (Å²) in [5.74, 6) is 2.39. The molecule has 3 heteroatoms. The first-order chi connectivity index (χ1) is 6.08. The summed E-state index contributed by atoms with van der Waals surface area (Å²) in [4.78, 5) is 8.49. The SMILES string of the molecule is Cc1cc(NCC(C)C)nc(C)n1. The highest BCUT2D eigenvalue weighted by atomic mass is 15.0. The summed E-state index contributed by atoms with van der Waals surface area (Å²) in [5, 5.41) is 3.27. The lowest BCUT2D eigenvalue weighted by Crippen LogP contribution is -2.10. The van der Waals surface area contributed by atoms with Crippen molar-refractivity contribution in [1.29, 1.82) is 0 Å². The zero-order chi connectivity index (χ0) is 9.84. The Balaban J connectivity index is 2.66. The highest BCUT2D eigenvalue weighted by Gasteiger charge is 1.98. The smallest absolute Gasteiger partial charge is 0.129 e. The monoisotopic (exact) mass is 179 g/mol. The van der Waals surface area contributed by atoms with Crippen LogP contribution in [0.15, 0.2) is 6.07 Å². The average molecular weight is 179 g/mol. The highest BCUT2D eigenvalue weighted by molar-refractivity contribution is 5.35. The van der Waals surface area contributed by atoms with Crippen LogP contribution in [0, 0.1) is 19.8 Å². The van der Waals surface area contributed by atoms with Gasteiger partial charge in [0.2, 0.25) is 0 Å². The molecule has 1 rings (SSSR count). The second-order valence-corrected chi connectivity index (χ2v) is 3.72. The molecule has 3 nitrogen and oxygen atoms in total. The number of anilines is 1. The third kappa shape index (κ3) is 3.40. The Morgan fingerprint density at radius 1 is 1.31 bits per heavy atom. The van der Waals surface area contributed by atoms with E-state index in [1.807, 2.05) is 19.9 Å².